The fraction of sp³-hybridized carbons (Fsp3) is 0.263. The molecule has 0 bridgehead atoms. The summed E-state index contributed by atoms with van der Waals surface area (Å²) < 4.78 is 5.45. The number of benzene rings is 2. The second-order valence-electron chi connectivity index (χ2n) is 5.27. The van der Waals surface area contributed by atoms with Crippen molar-refractivity contribution < 1.29 is 9.84 Å². The molecule has 2 rings (SSSR count). The van der Waals surface area contributed by atoms with Crippen molar-refractivity contribution in [2.75, 3.05) is 6.61 Å². The van der Waals surface area contributed by atoms with E-state index in [1.165, 1.54) is 0 Å². The fourth-order valence-corrected chi connectivity index (χ4v) is 2.19. The molecule has 0 aliphatic heterocycles. The topological polar surface area (TPSA) is 41.5 Å². The van der Waals surface area contributed by atoms with Crippen LogP contribution >= 0.6 is 0 Å². The van der Waals surface area contributed by atoms with Gasteiger partial charge >= 0.3 is 0 Å². The van der Waals surface area contributed by atoms with E-state index in [-0.39, 0.29) is 6.04 Å². The third kappa shape index (κ3) is 4.72. The van der Waals surface area contributed by atoms with Crippen LogP contribution in [0.3, 0.4) is 0 Å². The zero-order valence-electron chi connectivity index (χ0n) is 12.9. The third-order valence-corrected chi connectivity index (χ3v) is 3.53. The Morgan fingerprint density at radius 2 is 1.82 bits per heavy atom. The largest absolute Gasteiger partial charge is 0.490 e. The lowest BCUT2D eigenvalue weighted by Crippen LogP contribution is -2.31. The summed E-state index contributed by atoms with van der Waals surface area (Å²) >= 11 is 0. The first kappa shape index (κ1) is 16.3. The Balaban J connectivity index is 1.85. The molecule has 0 saturated carbocycles. The van der Waals surface area contributed by atoms with Gasteiger partial charge in [0.25, 0.3) is 0 Å². The second kappa shape index (κ2) is 8.37. The van der Waals surface area contributed by atoms with Crippen LogP contribution in [0.1, 0.15) is 24.2 Å². The molecule has 2 N–H and O–H groups in total. The maximum atomic E-state index is 10.3. The maximum absolute atomic E-state index is 10.3. The normalized spacial score (nSPS) is 13.4. The lowest BCUT2D eigenvalue weighted by molar-refractivity contribution is 0.135. The Labute approximate surface area is 132 Å². The first-order valence-corrected chi connectivity index (χ1v) is 7.49. The highest BCUT2D eigenvalue weighted by Gasteiger charge is 2.15. The van der Waals surface area contributed by atoms with Gasteiger partial charge in [-0.05, 0) is 30.2 Å². The van der Waals surface area contributed by atoms with Crippen molar-refractivity contribution in [1.82, 2.24) is 5.32 Å². The van der Waals surface area contributed by atoms with Crippen LogP contribution < -0.4 is 10.1 Å². The molecule has 2 aromatic rings. The number of nitrogens with one attached hydrogen (secondary N) is 1. The van der Waals surface area contributed by atoms with E-state index < -0.39 is 6.10 Å². The highest BCUT2D eigenvalue weighted by Crippen LogP contribution is 2.17. The molecule has 2 atom stereocenters. The molecule has 0 unspecified atom stereocenters. The first-order valence-electron chi connectivity index (χ1n) is 7.49. The van der Waals surface area contributed by atoms with Crippen LogP contribution in [-0.2, 0) is 6.54 Å². The number of ether oxygens (including phenoxy) is 1. The predicted octanol–water partition coefficient (Wildman–Crippen LogP) is 3.46. The molecule has 3 nitrogen and oxygen atoms in total. The lowest BCUT2D eigenvalue weighted by Gasteiger charge is -2.20. The van der Waals surface area contributed by atoms with E-state index >= 15 is 0 Å². The van der Waals surface area contributed by atoms with Crippen molar-refractivity contribution in [3.63, 3.8) is 0 Å². The summed E-state index contributed by atoms with van der Waals surface area (Å²) in [5.74, 6) is 0.834. The summed E-state index contributed by atoms with van der Waals surface area (Å²) in [6.07, 6.45) is 1.21. The van der Waals surface area contributed by atoms with Gasteiger partial charge in [-0.3, -0.25) is 0 Å². The molecule has 0 heterocycles. The Hall–Kier alpha value is -2.10. The molecule has 116 valence electrons. The van der Waals surface area contributed by atoms with Crippen LogP contribution in [0.25, 0.3) is 0 Å². The summed E-state index contributed by atoms with van der Waals surface area (Å²) in [6.45, 7) is 6.82. The molecule has 0 aliphatic carbocycles. The molecule has 0 amide bonds. The summed E-state index contributed by atoms with van der Waals surface area (Å²) in [5.41, 5.74) is 2.08. The average Bonchev–Trinajstić information content (AvgIpc) is 2.58. The van der Waals surface area contributed by atoms with Gasteiger partial charge in [-0.25, -0.2) is 0 Å². The minimum Gasteiger partial charge on any atom is -0.490 e. The molecular formula is C19H23NO2. The number of rotatable bonds is 8. The van der Waals surface area contributed by atoms with Gasteiger partial charge in [-0.1, -0.05) is 55.1 Å². The van der Waals surface area contributed by atoms with Crippen molar-refractivity contribution in [3.8, 4) is 5.75 Å². The van der Waals surface area contributed by atoms with Crippen molar-refractivity contribution in [1.29, 1.82) is 0 Å². The van der Waals surface area contributed by atoms with Gasteiger partial charge in [-0.2, -0.15) is 0 Å². The van der Waals surface area contributed by atoms with E-state index in [4.69, 9.17) is 4.74 Å². The SMILES string of the molecule is C=CCOc1ccc(CN[C@H](C)[C@@H](O)c2ccccc2)cc1. The highest BCUT2D eigenvalue weighted by atomic mass is 16.5. The van der Waals surface area contributed by atoms with Gasteiger partial charge in [0, 0.05) is 12.6 Å². The van der Waals surface area contributed by atoms with Crippen molar-refractivity contribution in [3.05, 3.63) is 78.4 Å². The summed E-state index contributed by atoms with van der Waals surface area (Å²) in [6, 6.07) is 17.6. The lowest BCUT2D eigenvalue weighted by atomic mass is 10.0. The second-order valence-corrected chi connectivity index (χ2v) is 5.27. The van der Waals surface area contributed by atoms with Crippen LogP contribution in [0, 0.1) is 0 Å². The number of hydrogen-bond donors (Lipinski definition) is 2. The predicted molar refractivity (Wildman–Crippen MR) is 89.8 cm³/mol. The standard InChI is InChI=1S/C19H23NO2/c1-3-13-22-18-11-9-16(10-12-18)14-20-15(2)19(21)17-7-5-4-6-8-17/h3-12,15,19-21H,1,13-14H2,2H3/t15-,19-/m1/s1. The average molecular weight is 297 g/mol. The molecule has 0 radical (unpaired) electrons. The van der Waals surface area contributed by atoms with Gasteiger partial charge in [0.05, 0.1) is 6.10 Å². The Morgan fingerprint density at radius 1 is 1.14 bits per heavy atom. The van der Waals surface area contributed by atoms with E-state index in [1.807, 2.05) is 61.5 Å². The van der Waals surface area contributed by atoms with Gasteiger partial charge in [0.15, 0.2) is 0 Å². The van der Waals surface area contributed by atoms with E-state index in [2.05, 4.69) is 11.9 Å². The van der Waals surface area contributed by atoms with Gasteiger partial charge in [-0.15, -0.1) is 0 Å². The molecule has 0 aliphatic rings. The number of aliphatic hydroxyl groups is 1. The van der Waals surface area contributed by atoms with E-state index in [1.54, 1.807) is 6.08 Å². The van der Waals surface area contributed by atoms with Gasteiger partial charge in [0.1, 0.15) is 12.4 Å². The molecule has 0 fully saturated rings. The third-order valence-electron chi connectivity index (χ3n) is 3.53. The Kier molecular flexibility index (Phi) is 6.19. The summed E-state index contributed by atoms with van der Waals surface area (Å²) in [4.78, 5) is 0. The van der Waals surface area contributed by atoms with Crippen molar-refractivity contribution in [2.24, 2.45) is 0 Å². The smallest absolute Gasteiger partial charge is 0.119 e. The summed E-state index contributed by atoms with van der Waals surface area (Å²) in [5, 5.41) is 13.7. The molecule has 2 aromatic carbocycles. The van der Waals surface area contributed by atoms with E-state index in [9.17, 15) is 5.11 Å². The maximum Gasteiger partial charge on any atom is 0.119 e. The number of aliphatic hydroxyl groups excluding tert-OH is 1. The van der Waals surface area contributed by atoms with Gasteiger partial charge in [0.2, 0.25) is 0 Å². The fourth-order valence-electron chi connectivity index (χ4n) is 2.19. The monoisotopic (exact) mass is 297 g/mol. The van der Waals surface area contributed by atoms with Crippen molar-refractivity contribution >= 4 is 0 Å². The van der Waals surface area contributed by atoms with Crippen LogP contribution in [0.5, 0.6) is 5.75 Å². The number of hydrogen-bond acceptors (Lipinski definition) is 3. The molecule has 3 heteroatoms. The van der Waals surface area contributed by atoms with Crippen LogP contribution in [0.15, 0.2) is 67.3 Å². The van der Waals surface area contributed by atoms with E-state index in [0.29, 0.717) is 13.2 Å². The zero-order valence-corrected chi connectivity index (χ0v) is 12.9. The van der Waals surface area contributed by atoms with Crippen LogP contribution in [0.2, 0.25) is 0 Å². The van der Waals surface area contributed by atoms with Crippen LogP contribution in [0.4, 0.5) is 0 Å². The zero-order chi connectivity index (χ0) is 15.8. The minimum absolute atomic E-state index is 0.0286. The highest BCUT2D eigenvalue weighted by molar-refractivity contribution is 5.27. The van der Waals surface area contributed by atoms with E-state index in [0.717, 1.165) is 16.9 Å². The molecule has 0 saturated heterocycles. The minimum atomic E-state index is -0.517. The Morgan fingerprint density at radius 3 is 2.45 bits per heavy atom. The van der Waals surface area contributed by atoms with Crippen molar-refractivity contribution in [2.45, 2.75) is 25.6 Å². The van der Waals surface area contributed by atoms with Gasteiger partial charge < -0.3 is 15.2 Å². The Bertz CT molecular complexity index is 566. The summed E-state index contributed by atoms with van der Waals surface area (Å²) in [7, 11) is 0. The molecule has 0 spiro atoms. The van der Waals surface area contributed by atoms with Crippen LogP contribution in [-0.4, -0.2) is 17.8 Å². The first-order chi connectivity index (χ1) is 10.7. The molecule has 22 heavy (non-hydrogen) atoms. The molecular weight excluding hydrogens is 274 g/mol. The molecule has 0 aromatic heterocycles. The quantitative estimate of drug-likeness (QED) is 0.733.